The Morgan fingerprint density at radius 2 is 1.90 bits per heavy atom. The monoisotopic (exact) mass is 560 g/mol. The van der Waals surface area contributed by atoms with Gasteiger partial charge in [-0.25, -0.2) is 4.79 Å². The first-order valence-corrected chi connectivity index (χ1v) is 14.0. The van der Waals surface area contributed by atoms with E-state index in [4.69, 9.17) is 35.9 Å². The number of nitrogens with zero attached hydrogens (tertiary/aromatic N) is 1. The first-order chi connectivity index (χ1) is 18.8. The van der Waals surface area contributed by atoms with Gasteiger partial charge in [0.15, 0.2) is 12.3 Å². The summed E-state index contributed by atoms with van der Waals surface area (Å²) in [4.78, 5) is 27.5. The van der Waals surface area contributed by atoms with Crippen molar-refractivity contribution in [1.82, 2.24) is 9.55 Å². The first-order valence-electron chi connectivity index (χ1n) is 13.6. The van der Waals surface area contributed by atoms with Crippen molar-refractivity contribution in [2.24, 2.45) is 0 Å². The number of aryl methyl sites for hydroxylation is 1. The van der Waals surface area contributed by atoms with Gasteiger partial charge in [-0.2, -0.15) is 0 Å². The predicted octanol–water partition coefficient (Wildman–Crippen LogP) is 4.83. The van der Waals surface area contributed by atoms with Crippen LogP contribution in [0, 0.1) is 6.92 Å². The highest BCUT2D eigenvalue weighted by molar-refractivity contribution is 7.79. The van der Waals surface area contributed by atoms with E-state index in [0.29, 0.717) is 37.4 Å². The van der Waals surface area contributed by atoms with Gasteiger partial charge < -0.3 is 23.7 Å². The van der Waals surface area contributed by atoms with Crippen molar-refractivity contribution < 1.29 is 23.7 Å². The first kappa shape index (κ1) is 30.7. The minimum absolute atomic E-state index is 0.135. The van der Waals surface area contributed by atoms with Gasteiger partial charge in [0.05, 0.1) is 6.61 Å². The predicted molar refractivity (Wildman–Crippen MR) is 153 cm³/mol. The fourth-order valence-electron chi connectivity index (χ4n) is 4.48. The van der Waals surface area contributed by atoms with E-state index in [1.54, 1.807) is 19.1 Å². The van der Waals surface area contributed by atoms with Crippen molar-refractivity contribution in [3.8, 4) is 5.75 Å². The van der Waals surface area contributed by atoms with Crippen LogP contribution in [0.5, 0.6) is 5.75 Å². The second kappa shape index (κ2) is 15.1. The summed E-state index contributed by atoms with van der Waals surface area (Å²) in [6, 6.07) is 9.05. The Bertz CT molecular complexity index is 1180. The topological polar surface area (TPSA) is 101 Å². The lowest BCUT2D eigenvalue weighted by atomic mass is 9.90. The molecule has 0 radical (unpaired) electrons. The number of aromatic amines is 1. The molecular formula is C29H40N2O7S. The van der Waals surface area contributed by atoms with Crippen LogP contribution in [0.4, 0.5) is 0 Å². The standard InChI is InChI=1S/C29H40N2O7S/c1-5-8-16-29(20-34-17-9-6-2)24(35-18-10-7-3)23(37-28(39)36-22-14-12-11-13-15-22)26(38-29)31-19-21(4)25(32)30-27(31)33/h5,11-15,19,23-24,26H,1,6-10,16-18,20H2,2-4H3,(H,30,32,33)/t23-,24?,26+,29+/m0/s1. The highest BCUT2D eigenvalue weighted by atomic mass is 32.1. The highest BCUT2D eigenvalue weighted by Gasteiger charge is 2.58. The number of allylic oxidation sites excluding steroid dienone is 1. The van der Waals surface area contributed by atoms with Crippen LogP contribution in [-0.4, -0.2) is 52.4 Å². The molecule has 3 rings (SSSR count). The lowest BCUT2D eigenvalue weighted by Gasteiger charge is -2.34. The second-order valence-corrected chi connectivity index (χ2v) is 10.0. The summed E-state index contributed by atoms with van der Waals surface area (Å²) < 4.78 is 32.6. The van der Waals surface area contributed by atoms with Crippen molar-refractivity contribution in [3.63, 3.8) is 0 Å². The van der Waals surface area contributed by atoms with Crippen LogP contribution >= 0.6 is 12.2 Å². The van der Waals surface area contributed by atoms with E-state index < -0.39 is 35.3 Å². The summed E-state index contributed by atoms with van der Waals surface area (Å²) in [7, 11) is 0. The minimum atomic E-state index is -0.975. The smallest absolute Gasteiger partial charge is 0.358 e. The average Bonchev–Trinajstić information content (AvgIpc) is 3.21. The molecule has 9 nitrogen and oxygen atoms in total. The van der Waals surface area contributed by atoms with E-state index in [1.807, 2.05) is 24.3 Å². The molecule has 1 aliphatic rings. The lowest BCUT2D eigenvalue weighted by molar-refractivity contribution is -0.156. The highest BCUT2D eigenvalue weighted by Crippen LogP contribution is 2.44. The van der Waals surface area contributed by atoms with Gasteiger partial charge in [0, 0.05) is 37.2 Å². The van der Waals surface area contributed by atoms with E-state index in [0.717, 1.165) is 25.7 Å². The fourth-order valence-corrected chi connectivity index (χ4v) is 4.69. The van der Waals surface area contributed by atoms with Crippen LogP contribution < -0.4 is 16.0 Å². The van der Waals surface area contributed by atoms with E-state index in [2.05, 4.69) is 25.4 Å². The van der Waals surface area contributed by atoms with E-state index in [-0.39, 0.29) is 11.8 Å². The molecule has 1 unspecified atom stereocenters. The SMILES string of the molecule is C=CCC[C@]1(COCCCC)O[C@@H](n2cc(C)c(=O)[nH]c2=O)[C@@H](OC(=S)Oc2ccccc2)C1OCCCC. The Morgan fingerprint density at radius 1 is 1.18 bits per heavy atom. The molecule has 214 valence electrons. The third-order valence-electron chi connectivity index (χ3n) is 6.61. The van der Waals surface area contributed by atoms with Crippen molar-refractivity contribution in [2.75, 3.05) is 19.8 Å². The molecule has 1 fully saturated rings. The average molecular weight is 561 g/mol. The number of H-pyrrole nitrogens is 1. The third kappa shape index (κ3) is 8.11. The molecule has 2 aromatic rings. The second-order valence-electron chi connectivity index (χ2n) is 9.68. The molecule has 1 N–H and O–H groups in total. The van der Waals surface area contributed by atoms with Gasteiger partial charge in [-0.05, 0) is 44.7 Å². The van der Waals surface area contributed by atoms with Crippen molar-refractivity contribution in [3.05, 3.63) is 75.6 Å². The maximum atomic E-state index is 13.0. The summed E-state index contributed by atoms with van der Waals surface area (Å²) in [5.74, 6) is 0.513. The number of ether oxygens (including phenoxy) is 5. The molecular weight excluding hydrogens is 520 g/mol. The summed E-state index contributed by atoms with van der Waals surface area (Å²) in [5.41, 5.74) is -1.72. The Morgan fingerprint density at radius 3 is 2.59 bits per heavy atom. The molecule has 1 aliphatic heterocycles. The fraction of sp³-hybridized carbons (Fsp3) is 0.552. The Kier molecular flexibility index (Phi) is 11.9. The van der Waals surface area contributed by atoms with Crippen LogP contribution in [-0.2, 0) is 18.9 Å². The molecule has 1 aromatic carbocycles. The lowest BCUT2D eigenvalue weighted by Crippen LogP contribution is -2.50. The van der Waals surface area contributed by atoms with Gasteiger partial charge in [0.2, 0.25) is 0 Å². The van der Waals surface area contributed by atoms with Gasteiger partial charge in [-0.3, -0.25) is 14.3 Å². The number of benzene rings is 1. The summed E-state index contributed by atoms with van der Waals surface area (Å²) >= 11 is 5.48. The van der Waals surface area contributed by atoms with Crippen molar-refractivity contribution in [2.45, 2.75) is 83.3 Å². The van der Waals surface area contributed by atoms with Gasteiger partial charge in [-0.1, -0.05) is 51.0 Å². The van der Waals surface area contributed by atoms with Gasteiger partial charge in [0.1, 0.15) is 17.5 Å². The van der Waals surface area contributed by atoms with Crippen LogP contribution in [0.2, 0.25) is 0 Å². The molecule has 10 heteroatoms. The molecule has 39 heavy (non-hydrogen) atoms. The molecule has 0 saturated carbocycles. The molecule has 4 atom stereocenters. The maximum Gasteiger partial charge on any atom is 0.358 e. The Hall–Kier alpha value is -2.79. The molecule has 2 heterocycles. The number of aromatic nitrogens is 2. The Balaban J connectivity index is 2.05. The number of rotatable bonds is 15. The van der Waals surface area contributed by atoms with E-state index in [1.165, 1.54) is 10.8 Å². The zero-order valence-electron chi connectivity index (χ0n) is 23.1. The molecule has 1 aromatic heterocycles. The third-order valence-corrected chi connectivity index (χ3v) is 6.79. The van der Waals surface area contributed by atoms with Crippen LogP contribution in [0.15, 0.2) is 58.8 Å². The summed E-state index contributed by atoms with van der Waals surface area (Å²) in [6.45, 7) is 10.9. The van der Waals surface area contributed by atoms with Gasteiger partial charge >= 0.3 is 10.9 Å². The molecule has 0 amide bonds. The van der Waals surface area contributed by atoms with Crippen LogP contribution in [0.1, 0.15) is 64.2 Å². The van der Waals surface area contributed by atoms with Crippen LogP contribution in [0.25, 0.3) is 0 Å². The van der Waals surface area contributed by atoms with Crippen LogP contribution in [0.3, 0.4) is 0 Å². The van der Waals surface area contributed by atoms with Crippen molar-refractivity contribution in [1.29, 1.82) is 0 Å². The van der Waals surface area contributed by atoms with Gasteiger partial charge in [0.25, 0.3) is 5.56 Å². The molecule has 0 aliphatic carbocycles. The summed E-state index contributed by atoms with van der Waals surface area (Å²) in [5, 5.41) is -0.135. The van der Waals surface area contributed by atoms with Crippen molar-refractivity contribution >= 4 is 17.5 Å². The molecule has 0 spiro atoms. The number of unbranched alkanes of at least 4 members (excludes halogenated alkanes) is 2. The number of thiocarbonyl (C=S) groups is 1. The Labute approximate surface area is 235 Å². The normalized spacial score (nSPS) is 22.5. The molecule has 1 saturated heterocycles. The zero-order valence-corrected chi connectivity index (χ0v) is 23.9. The molecule has 0 bridgehead atoms. The van der Waals surface area contributed by atoms with E-state index in [9.17, 15) is 9.59 Å². The minimum Gasteiger partial charge on any atom is -0.446 e. The quantitative estimate of drug-likeness (QED) is 0.188. The number of hydrogen-bond acceptors (Lipinski definition) is 8. The van der Waals surface area contributed by atoms with Gasteiger partial charge in [-0.15, -0.1) is 6.58 Å². The number of hydrogen-bond donors (Lipinski definition) is 1. The number of nitrogens with one attached hydrogen (secondary N) is 1. The number of para-hydroxylation sites is 1. The van der Waals surface area contributed by atoms with E-state index >= 15 is 0 Å². The largest absolute Gasteiger partial charge is 0.446 e. The zero-order chi connectivity index (χ0) is 28.3. The maximum absolute atomic E-state index is 13.0. The summed E-state index contributed by atoms with van der Waals surface area (Å²) in [6.07, 6.45) is 5.54.